The van der Waals surface area contributed by atoms with Crippen molar-refractivity contribution in [2.24, 2.45) is 0 Å². The molecule has 6 nitrogen and oxygen atoms in total. The van der Waals surface area contributed by atoms with Crippen molar-refractivity contribution < 1.29 is 14.4 Å². The molecule has 1 saturated heterocycles. The van der Waals surface area contributed by atoms with Crippen LogP contribution in [0.5, 0.6) is 0 Å². The number of piperidine rings is 1. The number of para-hydroxylation sites is 2. The van der Waals surface area contributed by atoms with E-state index in [9.17, 15) is 14.4 Å². The van der Waals surface area contributed by atoms with E-state index >= 15 is 0 Å². The van der Waals surface area contributed by atoms with E-state index in [-0.39, 0.29) is 24.3 Å². The lowest BCUT2D eigenvalue weighted by Crippen LogP contribution is -2.52. The Labute approximate surface area is 170 Å². The maximum Gasteiger partial charge on any atom is 0.256 e. The summed E-state index contributed by atoms with van der Waals surface area (Å²) in [5.41, 5.74) is 3.69. The minimum Gasteiger partial charge on any atom is -0.327 e. The van der Waals surface area contributed by atoms with Crippen LogP contribution in [0.1, 0.15) is 40.7 Å². The van der Waals surface area contributed by atoms with Crippen LogP contribution in [0.15, 0.2) is 42.5 Å². The fourth-order valence-electron chi connectivity index (χ4n) is 4.27. The first-order valence-electron chi connectivity index (χ1n) is 10.0. The summed E-state index contributed by atoms with van der Waals surface area (Å²) in [6, 6.07) is 12.4. The van der Waals surface area contributed by atoms with Crippen molar-refractivity contribution in [3.05, 3.63) is 59.2 Å². The van der Waals surface area contributed by atoms with Crippen LogP contribution in [0.2, 0.25) is 0 Å². The van der Waals surface area contributed by atoms with Gasteiger partial charge in [0.05, 0.1) is 11.3 Å². The number of amides is 3. The molecular weight excluding hydrogens is 366 g/mol. The molecule has 1 fully saturated rings. The van der Waals surface area contributed by atoms with Gasteiger partial charge in [-0.1, -0.05) is 30.3 Å². The molecule has 0 saturated carbocycles. The summed E-state index contributed by atoms with van der Waals surface area (Å²) in [5.74, 6) is -0.585. The zero-order chi connectivity index (χ0) is 20.5. The molecule has 3 amide bonds. The minimum atomic E-state index is -0.503. The van der Waals surface area contributed by atoms with E-state index in [1.165, 1.54) is 4.90 Å². The van der Waals surface area contributed by atoms with Gasteiger partial charge in [-0.3, -0.25) is 14.4 Å². The molecule has 0 bridgehead atoms. The van der Waals surface area contributed by atoms with Gasteiger partial charge in [0.1, 0.15) is 12.6 Å². The van der Waals surface area contributed by atoms with Crippen LogP contribution in [-0.2, 0) is 9.59 Å². The Hall–Kier alpha value is -3.15. The maximum absolute atomic E-state index is 13.4. The average molecular weight is 391 g/mol. The third-order valence-corrected chi connectivity index (χ3v) is 5.79. The van der Waals surface area contributed by atoms with Crippen molar-refractivity contribution in [2.75, 3.05) is 23.3 Å². The van der Waals surface area contributed by atoms with Crippen molar-refractivity contribution in [2.45, 2.75) is 39.2 Å². The van der Waals surface area contributed by atoms with Crippen LogP contribution >= 0.6 is 0 Å². The average Bonchev–Trinajstić information content (AvgIpc) is 2.81. The third kappa shape index (κ3) is 3.50. The summed E-state index contributed by atoms with van der Waals surface area (Å²) in [4.78, 5) is 42.5. The lowest BCUT2D eigenvalue weighted by Gasteiger charge is -2.34. The number of nitrogens with zero attached hydrogens (tertiary/aromatic N) is 2. The number of rotatable bonds is 3. The number of carbonyl (C=O) groups excluding carboxylic acids is 3. The molecular formula is C23H25N3O3. The molecule has 2 aromatic carbocycles. The van der Waals surface area contributed by atoms with E-state index in [4.69, 9.17) is 0 Å². The van der Waals surface area contributed by atoms with Gasteiger partial charge >= 0.3 is 0 Å². The SMILES string of the molecule is Cc1cccc(C)c1NC(=O)CN1C(=O)[C@@H]2CCCCN2C(=O)c2ccccc21. The molecule has 0 aromatic heterocycles. The molecule has 150 valence electrons. The highest BCUT2D eigenvalue weighted by atomic mass is 16.2. The highest BCUT2D eigenvalue weighted by Crippen LogP contribution is 2.31. The van der Waals surface area contributed by atoms with Gasteiger partial charge in [-0.15, -0.1) is 0 Å². The predicted molar refractivity (Wildman–Crippen MR) is 112 cm³/mol. The molecule has 4 rings (SSSR count). The van der Waals surface area contributed by atoms with E-state index in [0.717, 1.165) is 29.7 Å². The van der Waals surface area contributed by atoms with Gasteiger partial charge < -0.3 is 15.1 Å². The van der Waals surface area contributed by atoms with E-state index in [1.807, 2.05) is 32.0 Å². The molecule has 0 radical (unpaired) electrons. The van der Waals surface area contributed by atoms with Gasteiger partial charge in [0, 0.05) is 12.2 Å². The molecule has 0 aliphatic carbocycles. The highest BCUT2D eigenvalue weighted by Gasteiger charge is 2.41. The lowest BCUT2D eigenvalue weighted by atomic mass is 10.0. The second kappa shape index (κ2) is 7.70. The first-order chi connectivity index (χ1) is 14.0. The van der Waals surface area contributed by atoms with Gasteiger partial charge in [0.2, 0.25) is 11.8 Å². The maximum atomic E-state index is 13.4. The molecule has 1 atom stereocenters. The second-order valence-electron chi connectivity index (χ2n) is 7.77. The van der Waals surface area contributed by atoms with Crippen molar-refractivity contribution in [1.29, 1.82) is 0 Å². The molecule has 2 aliphatic heterocycles. The van der Waals surface area contributed by atoms with Crippen LogP contribution < -0.4 is 10.2 Å². The van der Waals surface area contributed by atoms with E-state index in [0.29, 0.717) is 24.2 Å². The molecule has 2 aromatic rings. The number of benzene rings is 2. The van der Waals surface area contributed by atoms with Crippen molar-refractivity contribution in [1.82, 2.24) is 4.90 Å². The van der Waals surface area contributed by atoms with E-state index in [2.05, 4.69) is 5.32 Å². The van der Waals surface area contributed by atoms with Gasteiger partial charge in [0.25, 0.3) is 5.91 Å². The van der Waals surface area contributed by atoms with Gasteiger partial charge in [-0.2, -0.15) is 0 Å². The number of hydrogen-bond acceptors (Lipinski definition) is 3. The zero-order valence-corrected chi connectivity index (χ0v) is 16.8. The number of aryl methyl sites for hydroxylation is 2. The number of anilines is 2. The van der Waals surface area contributed by atoms with Crippen LogP contribution in [0.3, 0.4) is 0 Å². The Bertz CT molecular complexity index is 965. The van der Waals surface area contributed by atoms with Crippen LogP contribution in [0, 0.1) is 13.8 Å². The Kier molecular flexibility index (Phi) is 5.09. The molecule has 1 N–H and O–H groups in total. The minimum absolute atomic E-state index is 0.124. The van der Waals surface area contributed by atoms with Crippen LogP contribution in [0.25, 0.3) is 0 Å². The topological polar surface area (TPSA) is 69.7 Å². The fourth-order valence-corrected chi connectivity index (χ4v) is 4.27. The fraction of sp³-hybridized carbons (Fsp3) is 0.348. The summed E-state index contributed by atoms with van der Waals surface area (Å²) in [6.45, 7) is 4.33. The molecule has 6 heteroatoms. The van der Waals surface area contributed by atoms with Gasteiger partial charge in [0.15, 0.2) is 0 Å². The van der Waals surface area contributed by atoms with Crippen LogP contribution in [0.4, 0.5) is 11.4 Å². The van der Waals surface area contributed by atoms with Crippen molar-refractivity contribution in [3.8, 4) is 0 Å². The Balaban J connectivity index is 1.66. The van der Waals surface area contributed by atoms with Crippen molar-refractivity contribution >= 4 is 29.1 Å². The summed E-state index contributed by atoms with van der Waals surface area (Å²) >= 11 is 0. The number of hydrogen-bond donors (Lipinski definition) is 1. The Morgan fingerprint density at radius 1 is 1.03 bits per heavy atom. The lowest BCUT2D eigenvalue weighted by molar-refractivity contribution is -0.125. The molecule has 2 aliphatic rings. The smallest absolute Gasteiger partial charge is 0.256 e. The van der Waals surface area contributed by atoms with Gasteiger partial charge in [-0.25, -0.2) is 0 Å². The van der Waals surface area contributed by atoms with E-state index < -0.39 is 6.04 Å². The number of nitrogens with one attached hydrogen (secondary N) is 1. The highest BCUT2D eigenvalue weighted by molar-refractivity contribution is 6.13. The first-order valence-corrected chi connectivity index (χ1v) is 10.0. The molecule has 2 heterocycles. The van der Waals surface area contributed by atoms with Crippen molar-refractivity contribution in [3.63, 3.8) is 0 Å². The second-order valence-corrected chi connectivity index (χ2v) is 7.77. The number of fused-ring (bicyclic) bond motifs is 2. The van der Waals surface area contributed by atoms with Gasteiger partial charge in [-0.05, 0) is 56.4 Å². The Morgan fingerprint density at radius 3 is 2.52 bits per heavy atom. The van der Waals surface area contributed by atoms with Crippen LogP contribution in [-0.4, -0.2) is 41.8 Å². The first kappa shape index (κ1) is 19.2. The molecule has 29 heavy (non-hydrogen) atoms. The quantitative estimate of drug-likeness (QED) is 0.873. The normalized spacial score (nSPS) is 18.8. The Morgan fingerprint density at radius 2 is 1.76 bits per heavy atom. The molecule has 0 unspecified atom stereocenters. The summed E-state index contributed by atoms with van der Waals surface area (Å²) in [5, 5.41) is 2.95. The number of carbonyl (C=O) groups is 3. The third-order valence-electron chi connectivity index (χ3n) is 5.79. The van der Waals surface area contributed by atoms with E-state index in [1.54, 1.807) is 29.2 Å². The monoisotopic (exact) mass is 391 g/mol. The predicted octanol–water partition coefficient (Wildman–Crippen LogP) is 3.28. The molecule has 0 spiro atoms. The zero-order valence-electron chi connectivity index (χ0n) is 16.8. The standard InChI is InChI=1S/C23H25N3O3/c1-15-8-7-9-16(2)21(15)24-20(27)14-26-18-11-4-3-10-17(18)22(28)25-13-6-5-12-19(25)23(26)29/h3-4,7-11,19H,5-6,12-14H2,1-2H3,(H,24,27)/t19-/m0/s1. The summed E-state index contributed by atoms with van der Waals surface area (Å²) in [6.07, 6.45) is 2.43. The summed E-state index contributed by atoms with van der Waals surface area (Å²) < 4.78 is 0. The summed E-state index contributed by atoms with van der Waals surface area (Å²) in [7, 11) is 0. The largest absolute Gasteiger partial charge is 0.327 e.